The lowest BCUT2D eigenvalue weighted by Gasteiger charge is -2.19. The quantitative estimate of drug-likeness (QED) is 0.660. The van der Waals surface area contributed by atoms with Gasteiger partial charge in [-0.05, 0) is 60.9 Å². The Balaban J connectivity index is 1.67. The number of rotatable bonds is 4. The fourth-order valence-corrected chi connectivity index (χ4v) is 4.73. The number of aryl methyl sites for hydroxylation is 1. The first-order chi connectivity index (χ1) is 13.8. The predicted octanol–water partition coefficient (Wildman–Crippen LogP) is 4.65. The molecule has 0 unspecified atom stereocenters. The summed E-state index contributed by atoms with van der Waals surface area (Å²) in [7, 11) is -3.87. The maximum atomic E-state index is 13.1. The van der Waals surface area contributed by atoms with Gasteiger partial charge in [-0.15, -0.1) is 0 Å². The fourth-order valence-electron chi connectivity index (χ4n) is 3.45. The van der Waals surface area contributed by atoms with E-state index in [1.54, 1.807) is 23.1 Å². The van der Waals surface area contributed by atoms with E-state index in [4.69, 9.17) is 11.6 Å². The van der Waals surface area contributed by atoms with Crippen molar-refractivity contribution in [2.75, 3.05) is 16.2 Å². The van der Waals surface area contributed by atoms with Crippen LogP contribution in [0.1, 0.15) is 21.5 Å². The monoisotopic (exact) mass is 426 g/mol. The minimum atomic E-state index is -3.87. The second-order valence-electron chi connectivity index (χ2n) is 6.95. The van der Waals surface area contributed by atoms with E-state index >= 15 is 0 Å². The Morgan fingerprint density at radius 3 is 2.62 bits per heavy atom. The zero-order chi connectivity index (χ0) is 20.6. The summed E-state index contributed by atoms with van der Waals surface area (Å²) in [6.07, 6.45) is 0.756. The Labute approximate surface area is 175 Å². The largest absolute Gasteiger partial charge is 0.308 e. The number of hydrogen-bond donors (Lipinski definition) is 1. The highest BCUT2D eigenvalue weighted by Gasteiger charge is 2.28. The van der Waals surface area contributed by atoms with E-state index in [0.29, 0.717) is 12.2 Å². The van der Waals surface area contributed by atoms with Crippen LogP contribution in [0.25, 0.3) is 0 Å². The van der Waals surface area contributed by atoms with E-state index in [9.17, 15) is 13.2 Å². The van der Waals surface area contributed by atoms with Crippen LogP contribution in [0.15, 0.2) is 71.6 Å². The SMILES string of the molecule is Cc1cccc(NS(=O)(=O)c2ccc(Cl)c(C(=O)N3CCc4ccccc43)c2)c1. The lowest BCUT2D eigenvalue weighted by atomic mass is 10.1. The van der Waals surface area contributed by atoms with Gasteiger partial charge < -0.3 is 4.90 Å². The fraction of sp³-hybridized carbons (Fsp3) is 0.136. The molecule has 0 atom stereocenters. The van der Waals surface area contributed by atoms with Crippen molar-refractivity contribution in [2.45, 2.75) is 18.2 Å². The van der Waals surface area contributed by atoms with E-state index in [1.807, 2.05) is 37.3 Å². The molecule has 0 bridgehead atoms. The van der Waals surface area contributed by atoms with Crippen molar-refractivity contribution in [3.63, 3.8) is 0 Å². The van der Waals surface area contributed by atoms with Crippen LogP contribution in [0.3, 0.4) is 0 Å². The number of anilines is 2. The van der Waals surface area contributed by atoms with Crippen LogP contribution in [0.4, 0.5) is 11.4 Å². The molecule has 0 spiro atoms. The summed E-state index contributed by atoms with van der Waals surface area (Å²) < 4.78 is 28.2. The molecule has 0 saturated carbocycles. The van der Waals surface area contributed by atoms with Crippen LogP contribution in [0, 0.1) is 6.92 Å². The van der Waals surface area contributed by atoms with Gasteiger partial charge in [-0.2, -0.15) is 0 Å². The number of halogens is 1. The number of nitrogens with one attached hydrogen (secondary N) is 1. The molecule has 3 aromatic rings. The van der Waals surface area contributed by atoms with Gasteiger partial charge in [0.1, 0.15) is 0 Å². The Hall–Kier alpha value is -2.83. The maximum Gasteiger partial charge on any atom is 0.261 e. The van der Waals surface area contributed by atoms with Crippen LogP contribution in [-0.4, -0.2) is 20.9 Å². The van der Waals surface area contributed by atoms with Gasteiger partial charge in [-0.3, -0.25) is 9.52 Å². The third-order valence-corrected chi connectivity index (χ3v) is 6.59. The number of nitrogens with zero attached hydrogens (tertiary/aromatic N) is 1. The first kappa shape index (κ1) is 19.5. The minimum absolute atomic E-state index is 0.0146. The number of amides is 1. The van der Waals surface area contributed by atoms with E-state index in [2.05, 4.69) is 4.72 Å². The molecule has 1 heterocycles. The van der Waals surface area contributed by atoms with Gasteiger partial charge in [0.15, 0.2) is 0 Å². The van der Waals surface area contributed by atoms with E-state index in [0.717, 1.165) is 23.2 Å². The van der Waals surface area contributed by atoms with Crippen molar-refractivity contribution in [1.82, 2.24) is 0 Å². The Morgan fingerprint density at radius 1 is 1.03 bits per heavy atom. The standard InChI is InChI=1S/C22H19ClN2O3S/c1-15-5-4-7-17(13-15)24-29(27,28)18-9-10-20(23)19(14-18)22(26)25-12-11-16-6-2-3-8-21(16)25/h2-10,13-14,24H,11-12H2,1H3. The topological polar surface area (TPSA) is 66.5 Å². The summed E-state index contributed by atoms with van der Waals surface area (Å²) >= 11 is 6.26. The van der Waals surface area contributed by atoms with Crippen molar-refractivity contribution in [2.24, 2.45) is 0 Å². The number of carbonyl (C=O) groups is 1. The molecule has 148 valence electrons. The molecule has 5 nitrogen and oxygen atoms in total. The summed E-state index contributed by atoms with van der Waals surface area (Å²) in [5, 5.41) is 0.217. The van der Waals surface area contributed by atoms with Crippen molar-refractivity contribution in [3.8, 4) is 0 Å². The second-order valence-corrected chi connectivity index (χ2v) is 9.04. The summed E-state index contributed by atoms with van der Waals surface area (Å²) in [5.41, 5.74) is 3.48. The Morgan fingerprint density at radius 2 is 1.83 bits per heavy atom. The van der Waals surface area contributed by atoms with E-state index in [1.165, 1.54) is 18.2 Å². The number of fused-ring (bicyclic) bond motifs is 1. The Bertz CT molecular complexity index is 1210. The van der Waals surface area contributed by atoms with Crippen LogP contribution < -0.4 is 9.62 Å². The zero-order valence-electron chi connectivity index (χ0n) is 15.7. The smallest absolute Gasteiger partial charge is 0.261 e. The molecule has 3 aromatic carbocycles. The van der Waals surface area contributed by atoms with Crippen molar-refractivity contribution in [3.05, 3.63) is 88.4 Å². The van der Waals surface area contributed by atoms with Gasteiger partial charge in [-0.25, -0.2) is 8.42 Å². The molecule has 1 amide bonds. The average molecular weight is 427 g/mol. The lowest BCUT2D eigenvalue weighted by molar-refractivity contribution is 0.0989. The van der Waals surface area contributed by atoms with Gasteiger partial charge in [-0.1, -0.05) is 41.9 Å². The highest BCUT2D eigenvalue weighted by atomic mass is 35.5. The molecule has 1 N–H and O–H groups in total. The van der Waals surface area contributed by atoms with Gasteiger partial charge in [0.25, 0.3) is 15.9 Å². The molecule has 29 heavy (non-hydrogen) atoms. The molecule has 0 aliphatic carbocycles. The molecule has 0 radical (unpaired) electrons. The number of carbonyl (C=O) groups excluding carboxylic acids is 1. The highest BCUT2D eigenvalue weighted by Crippen LogP contribution is 2.31. The van der Waals surface area contributed by atoms with Crippen molar-refractivity contribution >= 4 is 38.9 Å². The molecule has 1 aliphatic heterocycles. The van der Waals surface area contributed by atoms with Crippen LogP contribution in [0.5, 0.6) is 0 Å². The summed E-state index contributed by atoms with van der Waals surface area (Å²) in [6, 6.07) is 18.9. The first-order valence-electron chi connectivity index (χ1n) is 9.14. The van der Waals surface area contributed by atoms with Crippen LogP contribution in [0.2, 0.25) is 5.02 Å². The third kappa shape index (κ3) is 3.86. The van der Waals surface area contributed by atoms with Crippen molar-refractivity contribution < 1.29 is 13.2 Å². The average Bonchev–Trinajstić information content (AvgIpc) is 3.11. The van der Waals surface area contributed by atoms with Gasteiger partial charge in [0, 0.05) is 17.9 Å². The Kier molecular flexibility index (Phi) is 5.06. The summed E-state index contributed by atoms with van der Waals surface area (Å²) in [5.74, 6) is -0.312. The van der Waals surface area contributed by atoms with Gasteiger partial charge in [0.05, 0.1) is 15.5 Å². The van der Waals surface area contributed by atoms with Gasteiger partial charge >= 0.3 is 0 Å². The maximum absolute atomic E-state index is 13.1. The van der Waals surface area contributed by atoms with E-state index < -0.39 is 10.0 Å². The molecular formula is C22H19ClN2O3S. The van der Waals surface area contributed by atoms with E-state index in [-0.39, 0.29) is 21.4 Å². The summed E-state index contributed by atoms with van der Waals surface area (Å²) in [6.45, 7) is 2.41. The van der Waals surface area contributed by atoms with Crippen LogP contribution >= 0.6 is 11.6 Å². The minimum Gasteiger partial charge on any atom is -0.308 e. The number of benzene rings is 3. The van der Waals surface area contributed by atoms with Crippen molar-refractivity contribution in [1.29, 1.82) is 0 Å². The molecule has 4 rings (SSSR count). The molecule has 0 saturated heterocycles. The summed E-state index contributed by atoms with van der Waals surface area (Å²) in [4.78, 5) is 14.8. The zero-order valence-corrected chi connectivity index (χ0v) is 17.3. The number of hydrogen-bond acceptors (Lipinski definition) is 3. The second kappa shape index (κ2) is 7.54. The molecule has 0 aromatic heterocycles. The lowest BCUT2D eigenvalue weighted by Crippen LogP contribution is -2.29. The molecule has 7 heteroatoms. The first-order valence-corrected chi connectivity index (χ1v) is 11.0. The molecular weight excluding hydrogens is 408 g/mol. The molecule has 1 aliphatic rings. The predicted molar refractivity (Wildman–Crippen MR) is 115 cm³/mol. The van der Waals surface area contributed by atoms with Gasteiger partial charge in [0.2, 0.25) is 0 Å². The highest BCUT2D eigenvalue weighted by molar-refractivity contribution is 7.92. The third-order valence-electron chi connectivity index (χ3n) is 4.88. The number of para-hydroxylation sites is 1. The normalized spacial score (nSPS) is 13.2. The molecule has 0 fully saturated rings. The van der Waals surface area contributed by atoms with Crippen LogP contribution in [-0.2, 0) is 16.4 Å². The number of sulfonamides is 1.